The summed E-state index contributed by atoms with van der Waals surface area (Å²) < 4.78 is 41.7. The van der Waals surface area contributed by atoms with Crippen molar-refractivity contribution in [2.45, 2.75) is 57.4 Å². The maximum Gasteiger partial charge on any atom is 0.243 e. The number of likely N-dealkylation sites (tertiary alicyclic amines) is 1. The van der Waals surface area contributed by atoms with Gasteiger partial charge in [-0.25, -0.2) is 12.8 Å². The molecule has 1 saturated heterocycles. The Morgan fingerprint density at radius 2 is 1.69 bits per heavy atom. The Labute approximate surface area is 215 Å². The van der Waals surface area contributed by atoms with Crippen molar-refractivity contribution >= 4 is 10.0 Å². The molecule has 4 nitrogen and oxygen atoms in total. The molecule has 0 amide bonds. The summed E-state index contributed by atoms with van der Waals surface area (Å²) in [4.78, 5) is 2.88. The van der Waals surface area contributed by atoms with E-state index >= 15 is 0 Å². The van der Waals surface area contributed by atoms with E-state index < -0.39 is 10.0 Å². The fourth-order valence-corrected chi connectivity index (χ4v) is 6.95. The number of sulfonamides is 1. The Morgan fingerprint density at radius 3 is 2.36 bits per heavy atom. The fourth-order valence-electron chi connectivity index (χ4n) is 5.23. The zero-order chi connectivity index (χ0) is 25.9. The molecule has 1 fully saturated rings. The molecule has 192 valence electrons. The number of rotatable bonds is 10. The van der Waals surface area contributed by atoms with Crippen LogP contribution in [0.4, 0.5) is 4.39 Å². The smallest absolute Gasteiger partial charge is 0.243 e. The Balaban J connectivity index is 1.27. The van der Waals surface area contributed by atoms with Crippen LogP contribution < -0.4 is 0 Å². The van der Waals surface area contributed by atoms with Gasteiger partial charge in [0.2, 0.25) is 10.0 Å². The number of aryl methyl sites for hydroxylation is 1. The summed E-state index contributed by atoms with van der Waals surface area (Å²) >= 11 is 0. The van der Waals surface area contributed by atoms with Crippen LogP contribution in [0, 0.1) is 19.7 Å². The number of unbranched alkanes of at least 4 members (excludes halogenated alkanes) is 1. The monoisotopic (exact) mass is 508 g/mol. The van der Waals surface area contributed by atoms with Crippen LogP contribution in [0.5, 0.6) is 0 Å². The molecule has 2 unspecified atom stereocenters. The van der Waals surface area contributed by atoms with Crippen LogP contribution in [0.15, 0.2) is 71.6 Å². The molecule has 0 aliphatic carbocycles. The summed E-state index contributed by atoms with van der Waals surface area (Å²) in [5, 5.41) is 0. The van der Waals surface area contributed by atoms with Gasteiger partial charge in [-0.3, -0.25) is 4.90 Å². The molecule has 6 heteroatoms. The molecule has 1 aliphatic rings. The predicted molar refractivity (Wildman–Crippen MR) is 145 cm³/mol. The Bertz CT molecular complexity index is 1290. The Morgan fingerprint density at radius 1 is 0.972 bits per heavy atom. The first-order valence-electron chi connectivity index (χ1n) is 12.9. The average Bonchev–Trinajstić information content (AvgIpc) is 2.87. The second-order valence-electron chi connectivity index (χ2n) is 9.85. The van der Waals surface area contributed by atoms with Gasteiger partial charge in [0.05, 0.1) is 4.90 Å². The molecule has 0 saturated carbocycles. The molecule has 36 heavy (non-hydrogen) atoms. The van der Waals surface area contributed by atoms with Gasteiger partial charge in [0.1, 0.15) is 5.82 Å². The van der Waals surface area contributed by atoms with Gasteiger partial charge in [0.15, 0.2) is 0 Å². The van der Waals surface area contributed by atoms with Crippen LogP contribution in [0.2, 0.25) is 0 Å². The zero-order valence-corrected chi connectivity index (χ0v) is 22.6. The molecule has 0 N–H and O–H groups in total. The van der Waals surface area contributed by atoms with E-state index in [1.54, 1.807) is 22.5 Å². The third kappa shape index (κ3) is 5.41. The fraction of sp³-hybridized carbons (Fsp3) is 0.400. The second kappa shape index (κ2) is 11.2. The van der Waals surface area contributed by atoms with Gasteiger partial charge < -0.3 is 0 Å². The maximum atomic E-state index is 13.9. The highest BCUT2D eigenvalue weighted by molar-refractivity contribution is 7.89. The van der Waals surface area contributed by atoms with Crippen molar-refractivity contribution in [2.24, 2.45) is 0 Å². The van der Waals surface area contributed by atoms with Crippen molar-refractivity contribution in [3.8, 4) is 11.1 Å². The summed E-state index contributed by atoms with van der Waals surface area (Å²) in [5.74, 6) is 0.316. The van der Waals surface area contributed by atoms with E-state index in [1.165, 1.54) is 11.6 Å². The summed E-state index contributed by atoms with van der Waals surface area (Å²) in [5.41, 5.74) is 4.77. The highest BCUT2D eigenvalue weighted by Gasteiger charge is 2.35. The van der Waals surface area contributed by atoms with Gasteiger partial charge >= 0.3 is 0 Å². The van der Waals surface area contributed by atoms with Crippen LogP contribution in [0.1, 0.15) is 49.3 Å². The van der Waals surface area contributed by atoms with Gasteiger partial charge in [-0.05, 0) is 80.1 Å². The number of nitrogens with zero attached hydrogens (tertiary/aromatic N) is 2. The van der Waals surface area contributed by atoms with Crippen molar-refractivity contribution in [1.82, 2.24) is 9.21 Å². The van der Waals surface area contributed by atoms with Gasteiger partial charge in [-0.1, -0.05) is 61.5 Å². The molecule has 1 heterocycles. The molecule has 3 aromatic rings. The third-order valence-electron chi connectivity index (χ3n) is 7.67. The molecular weight excluding hydrogens is 471 g/mol. The van der Waals surface area contributed by atoms with Crippen LogP contribution >= 0.6 is 0 Å². The molecular formula is C30H37FN2O2S. The highest BCUT2D eigenvalue weighted by Crippen LogP contribution is 2.35. The highest BCUT2D eigenvalue weighted by atomic mass is 32.2. The quantitative estimate of drug-likeness (QED) is 0.298. The number of halogens is 1. The van der Waals surface area contributed by atoms with Crippen molar-refractivity contribution in [3.05, 3.63) is 89.2 Å². The van der Waals surface area contributed by atoms with Gasteiger partial charge in [0, 0.05) is 31.6 Å². The summed E-state index contributed by atoms with van der Waals surface area (Å²) in [6.45, 7) is 10.8. The number of hydrogen-bond acceptors (Lipinski definition) is 3. The largest absolute Gasteiger partial charge is 0.299 e. The topological polar surface area (TPSA) is 40.6 Å². The first kappa shape index (κ1) is 26.5. The van der Waals surface area contributed by atoms with Crippen molar-refractivity contribution in [1.29, 1.82) is 0 Å². The summed E-state index contributed by atoms with van der Waals surface area (Å²) in [7, 11) is -3.46. The van der Waals surface area contributed by atoms with E-state index in [1.807, 2.05) is 39.0 Å². The zero-order valence-electron chi connectivity index (χ0n) is 21.7. The van der Waals surface area contributed by atoms with Gasteiger partial charge in [0.25, 0.3) is 0 Å². The summed E-state index contributed by atoms with van der Waals surface area (Å²) in [6, 6.07) is 21.4. The normalized spacial score (nSPS) is 18.4. The molecule has 2 atom stereocenters. The van der Waals surface area contributed by atoms with Crippen LogP contribution in [0.3, 0.4) is 0 Å². The lowest BCUT2D eigenvalue weighted by molar-refractivity contribution is 0.0705. The van der Waals surface area contributed by atoms with Crippen LogP contribution in [-0.2, 0) is 10.0 Å². The number of hydrogen-bond donors (Lipinski definition) is 0. The van der Waals surface area contributed by atoms with Crippen LogP contribution in [0.25, 0.3) is 11.1 Å². The summed E-state index contributed by atoms with van der Waals surface area (Å²) in [6.07, 6.45) is 1.81. The lowest BCUT2D eigenvalue weighted by Gasteiger charge is -2.47. The Hall–Kier alpha value is -2.54. The van der Waals surface area contributed by atoms with Crippen molar-refractivity contribution in [2.75, 3.05) is 26.2 Å². The van der Waals surface area contributed by atoms with E-state index in [9.17, 15) is 12.8 Å². The first-order valence-corrected chi connectivity index (χ1v) is 14.3. The molecule has 0 spiro atoms. The van der Waals surface area contributed by atoms with Crippen molar-refractivity contribution in [3.63, 3.8) is 0 Å². The molecule has 1 aliphatic heterocycles. The predicted octanol–water partition coefficient (Wildman–Crippen LogP) is 6.39. The van der Waals surface area contributed by atoms with Crippen molar-refractivity contribution < 1.29 is 12.8 Å². The van der Waals surface area contributed by atoms with Gasteiger partial charge in [-0.15, -0.1) is 0 Å². The average molecular weight is 509 g/mol. The van der Waals surface area contributed by atoms with Gasteiger partial charge in [-0.2, -0.15) is 4.31 Å². The second-order valence-corrected chi connectivity index (χ2v) is 11.8. The van der Waals surface area contributed by atoms with Crippen LogP contribution in [-0.4, -0.2) is 49.8 Å². The minimum Gasteiger partial charge on any atom is -0.299 e. The molecule has 0 bridgehead atoms. The number of benzene rings is 3. The molecule has 0 radical (unpaired) electrons. The third-order valence-corrected chi connectivity index (χ3v) is 9.81. The molecule has 3 aromatic carbocycles. The molecule has 0 aromatic heterocycles. The molecule has 4 rings (SSSR count). The SMILES string of the molecule is CCN(CCCCN1CC(c2ccc(-c3cccc(F)c3C)cc2)C1C)S(=O)(=O)c1ccccc1C. The van der Waals surface area contributed by atoms with E-state index in [0.717, 1.165) is 42.6 Å². The lowest BCUT2D eigenvalue weighted by Crippen LogP contribution is -2.53. The Kier molecular flexibility index (Phi) is 8.28. The van der Waals surface area contributed by atoms with E-state index in [-0.39, 0.29) is 5.82 Å². The standard InChI is InChI=1S/C30H37FN2O2S/c1-5-33(36(34,35)30-14-7-6-11-22(30)2)20-9-8-19-32-21-28(24(32)4)26-17-15-25(16-18-26)27-12-10-13-29(31)23(27)3/h6-7,10-18,24,28H,5,8-9,19-21H2,1-4H3. The lowest BCUT2D eigenvalue weighted by atomic mass is 9.82. The van der Waals surface area contributed by atoms with E-state index in [2.05, 4.69) is 36.1 Å². The maximum absolute atomic E-state index is 13.9. The van der Waals surface area contributed by atoms with E-state index in [4.69, 9.17) is 0 Å². The minimum atomic E-state index is -3.46. The first-order chi connectivity index (χ1) is 17.2. The minimum absolute atomic E-state index is 0.172. The van der Waals surface area contributed by atoms with E-state index in [0.29, 0.717) is 35.5 Å².